The minimum absolute atomic E-state index is 0.263. The zero-order valence-electron chi connectivity index (χ0n) is 13.7. The molecular formula is C17H37P. The maximum absolute atomic E-state index is 2.51. The highest BCUT2D eigenvalue weighted by Crippen LogP contribution is 2.52. The molecule has 0 spiro atoms. The van der Waals surface area contributed by atoms with Gasteiger partial charge in [-0.25, -0.2) is 0 Å². The van der Waals surface area contributed by atoms with E-state index in [-0.39, 0.29) is 7.92 Å². The first-order chi connectivity index (χ1) is 8.58. The van der Waals surface area contributed by atoms with Crippen molar-refractivity contribution < 1.29 is 0 Å². The minimum atomic E-state index is 0.263. The van der Waals surface area contributed by atoms with Gasteiger partial charge in [-0.1, -0.05) is 73.1 Å². The van der Waals surface area contributed by atoms with Crippen molar-refractivity contribution in [2.45, 2.75) is 97.6 Å². The summed E-state index contributed by atoms with van der Waals surface area (Å²) in [5.74, 6) is 0. The van der Waals surface area contributed by atoms with Crippen LogP contribution in [0.4, 0.5) is 0 Å². The van der Waals surface area contributed by atoms with Crippen molar-refractivity contribution in [1.82, 2.24) is 0 Å². The van der Waals surface area contributed by atoms with Gasteiger partial charge in [-0.15, -0.1) is 7.92 Å². The van der Waals surface area contributed by atoms with Crippen LogP contribution >= 0.6 is 7.92 Å². The van der Waals surface area contributed by atoms with Gasteiger partial charge < -0.3 is 0 Å². The third kappa shape index (κ3) is 8.52. The lowest BCUT2D eigenvalue weighted by Gasteiger charge is -2.34. The zero-order chi connectivity index (χ0) is 13.9. The first-order valence-corrected chi connectivity index (χ1v) is 10.0. The van der Waals surface area contributed by atoms with E-state index in [0.717, 1.165) is 0 Å². The highest BCUT2D eigenvalue weighted by Gasteiger charge is 2.25. The summed E-state index contributed by atoms with van der Waals surface area (Å²) in [5.41, 5.74) is 0. The molecule has 0 aromatic carbocycles. The van der Waals surface area contributed by atoms with Crippen LogP contribution in [0.3, 0.4) is 0 Å². The van der Waals surface area contributed by atoms with Crippen LogP contribution in [0.25, 0.3) is 0 Å². The fraction of sp³-hybridized carbons (Fsp3) is 1.00. The standard InChI is InChI=1S/C17H37P/c1-6-9-11-13-15-18(17(4,5)8-3)16-14-12-10-7-2/h6-16H2,1-5H3. The molecule has 0 heterocycles. The molecule has 0 amide bonds. The first kappa shape index (κ1) is 18.4. The molecule has 0 saturated heterocycles. The van der Waals surface area contributed by atoms with E-state index in [4.69, 9.17) is 0 Å². The van der Waals surface area contributed by atoms with Crippen LogP contribution in [0.2, 0.25) is 0 Å². The van der Waals surface area contributed by atoms with Gasteiger partial charge in [0.25, 0.3) is 0 Å². The SMILES string of the molecule is CCCCCCP(CCCCCC)C(C)(C)CC. The van der Waals surface area contributed by atoms with E-state index >= 15 is 0 Å². The van der Waals surface area contributed by atoms with E-state index in [0.29, 0.717) is 5.16 Å². The number of unbranched alkanes of at least 4 members (excludes halogenated alkanes) is 6. The van der Waals surface area contributed by atoms with Gasteiger partial charge in [-0.3, -0.25) is 0 Å². The normalized spacial score (nSPS) is 12.3. The Morgan fingerprint density at radius 3 is 1.44 bits per heavy atom. The van der Waals surface area contributed by atoms with Gasteiger partial charge in [0.05, 0.1) is 0 Å². The molecular weight excluding hydrogens is 235 g/mol. The maximum atomic E-state index is 2.51. The molecule has 0 aliphatic heterocycles. The van der Waals surface area contributed by atoms with Crippen molar-refractivity contribution in [3.8, 4) is 0 Å². The van der Waals surface area contributed by atoms with E-state index < -0.39 is 0 Å². The predicted octanol–water partition coefficient (Wildman–Crippen LogP) is 6.82. The Balaban J connectivity index is 4.00. The van der Waals surface area contributed by atoms with Crippen molar-refractivity contribution in [2.24, 2.45) is 0 Å². The molecule has 18 heavy (non-hydrogen) atoms. The maximum Gasteiger partial charge on any atom is -0.0154 e. The van der Waals surface area contributed by atoms with E-state index in [9.17, 15) is 0 Å². The number of hydrogen-bond acceptors (Lipinski definition) is 0. The largest absolute Gasteiger partial charge is 0.101 e. The Kier molecular flexibility index (Phi) is 11.5. The highest BCUT2D eigenvalue weighted by molar-refractivity contribution is 7.59. The summed E-state index contributed by atoms with van der Waals surface area (Å²) in [6.07, 6.45) is 15.9. The molecule has 0 aliphatic carbocycles. The lowest BCUT2D eigenvalue weighted by molar-refractivity contribution is 0.646. The first-order valence-electron chi connectivity index (χ1n) is 8.33. The minimum Gasteiger partial charge on any atom is -0.101 e. The summed E-state index contributed by atoms with van der Waals surface area (Å²) in [4.78, 5) is 0. The van der Waals surface area contributed by atoms with E-state index in [1.807, 2.05) is 0 Å². The quantitative estimate of drug-likeness (QED) is 0.270. The molecule has 0 aromatic heterocycles. The van der Waals surface area contributed by atoms with Gasteiger partial charge in [0.1, 0.15) is 0 Å². The molecule has 0 fully saturated rings. The molecule has 0 nitrogen and oxygen atoms in total. The van der Waals surface area contributed by atoms with Crippen molar-refractivity contribution in [3.63, 3.8) is 0 Å². The lowest BCUT2D eigenvalue weighted by atomic mass is 10.1. The second-order valence-electron chi connectivity index (χ2n) is 6.27. The van der Waals surface area contributed by atoms with E-state index in [1.165, 1.54) is 70.1 Å². The predicted molar refractivity (Wildman–Crippen MR) is 89.3 cm³/mol. The van der Waals surface area contributed by atoms with Crippen LogP contribution in [-0.4, -0.2) is 17.5 Å². The molecule has 0 unspecified atom stereocenters. The molecule has 110 valence electrons. The third-order valence-electron chi connectivity index (χ3n) is 4.28. The summed E-state index contributed by atoms with van der Waals surface area (Å²) in [5, 5.41) is 0.619. The van der Waals surface area contributed by atoms with E-state index in [1.54, 1.807) is 0 Å². The fourth-order valence-corrected chi connectivity index (χ4v) is 5.49. The lowest BCUT2D eigenvalue weighted by Crippen LogP contribution is -2.19. The van der Waals surface area contributed by atoms with Crippen molar-refractivity contribution in [2.75, 3.05) is 12.3 Å². The monoisotopic (exact) mass is 272 g/mol. The molecule has 0 rings (SSSR count). The summed E-state index contributed by atoms with van der Waals surface area (Å²) in [6, 6.07) is 0. The van der Waals surface area contributed by atoms with Crippen LogP contribution < -0.4 is 0 Å². The molecule has 0 atom stereocenters. The van der Waals surface area contributed by atoms with Gasteiger partial charge >= 0.3 is 0 Å². The summed E-state index contributed by atoms with van der Waals surface area (Å²) in [6.45, 7) is 12.0. The fourth-order valence-electron chi connectivity index (χ4n) is 2.40. The van der Waals surface area contributed by atoms with Crippen molar-refractivity contribution in [3.05, 3.63) is 0 Å². The molecule has 0 radical (unpaired) electrons. The summed E-state index contributed by atoms with van der Waals surface area (Å²) < 4.78 is 0. The van der Waals surface area contributed by atoms with Crippen LogP contribution in [0, 0.1) is 0 Å². The van der Waals surface area contributed by atoms with Crippen LogP contribution in [-0.2, 0) is 0 Å². The molecule has 0 aromatic rings. The molecule has 0 saturated carbocycles. The summed E-state index contributed by atoms with van der Waals surface area (Å²) in [7, 11) is 0.263. The van der Waals surface area contributed by atoms with Crippen molar-refractivity contribution >= 4 is 7.92 Å². The third-order valence-corrected chi connectivity index (χ3v) is 8.02. The van der Waals surface area contributed by atoms with Crippen LogP contribution in [0.5, 0.6) is 0 Å². The Morgan fingerprint density at radius 1 is 0.667 bits per heavy atom. The smallest absolute Gasteiger partial charge is 0.0154 e. The Hall–Kier alpha value is 0.430. The van der Waals surface area contributed by atoms with E-state index in [2.05, 4.69) is 34.6 Å². The van der Waals surface area contributed by atoms with Gasteiger partial charge in [0.2, 0.25) is 0 Å². The molecule has 0 aliphatic rings. The molecule has 0 N–H and O–H groups in total. The van der Waals surface area contributed by atoms with Crippen molar-refractivity contribution in [1.29, 1.82) is 0 Å². The average molecular weight is 272 g/mol. The average Bonchev–Trinajstić information content (AvgIpc) is 2.36. The Labute approximate surface area is 118 Å². The second-order valence-corrected chi connectivity index (χ2v) is 9.46. The van der Waals surface area contributed by atoms with Gasteiger partial charge in [-0.2, -0.15) is 0 Å². The number of hydrogen-bond donors (Lipinski definition) is 0. The topological polar surface area (TPSA) is 0 Å². The van der Waals surface area contributed by atoms with Crippen LogP contribution in [0.1, 0.15) is 92.4 Å². The Morgan fingerprint density at radius 2 is 1.11 bits per heavy atom. The summed E-state index contributed by atoms with van der Waals surface area (Å²) >= 11 is 0. The molecule has 1 heteroatoms. The van der Waals surface area contributed by atoms with Gasteiger partial charge in [0, 0.05) is 0 Å². The second kappa shape index (κ2) is 11.3. The zero-order valence-corrected chi connectivity index (χ0v) is 14.6. The Bertz CT molecular complexity index is 162. The number of rotatable bonds is 12. The van der Waals surface area contributed by atoms with Gasteiger partial charge in [-0.05, 0) is 36.7 Å². The van der Waals surface area contributed by atoms with Gasteiger partial charge in [0.15, 0.2) is 0 Å². The highest BCUT2D eigenvalue weighted by atomic mass is 31.1. The van der Waals surface area contributed by atoms with Crippen LogP contribution in [0.15, 0.2) is 0 Å². The molecule has 0 bridgehead atoms.